The van der Waals surface area contributed by atoms with Crippen molar-refractivity contribution in [3.05, 3.63) is 65.6 Å². The van der Waals surface area contributed by atoms with Crippen LogP contribution in [-0.2, 0) is 4.79 Å². The lowest BCUT2D eigenvalue weighted by atomic mass is 9.98. The molecule has 0 aliphatic carbocycles. The highest BCUT2D eigenvalue weighted by molar-refractivity contribution is 5.94. The summed E-state index contributed by atoms with van der Waals surface area (Å²) in [5, 5.41) is 2.59. The van der Waals surface area contributed by atoms with Gasteiger partial charge in [-0.1, -0.05) is 35.9 Å². The van der Waals surface area contributed by atoms with Crippen LogP contribution in [0.1, 0.15) is 28.1 Å². The van der Waals surface area contributed by atoms with Gasteiger partial charge in [0.25, 0.3) is 5.91 Å². The van der Waals surface area contributed by atoms with E-state index in [1.807, 2.05) is 0 Å². The Labute approximate surface area is 141 Å². The number of furan rings is 1. The first kappa shape index (κ1) is 16.1. The fourth-order valence-corrected chi connectivity index (χ4v) is 2.69. The van der Waals surface area contributed by atoms with Gasteiger partial charge in [-0.25, -0.2) is 0 Å². The van der Waals surface area contributed by atoms with Crippen LogP contribution in [0.25, 0.3) is 5.57 Å². The SMILES string of the molecule is Cc1ccc(C2=CCN(C(=O)CNC(=O)c3ccco3)CC2)cc1. The lowest BCUT2D eigenvalue weighted by molar-refractivity contribution is -0.129. The number of benzene rings is 1. The molecular formula is C19H20N2O3. The van der Waals surface area contributed by atoms with Crippen LogP contribution in [0.3, 0.4) is 0 Å². The van der Waals surface area contributed by atoms with E-state index < -0.39 is 0 Å². The normalized spacial score (nSPS) is 14.2. The number of aryl methyl sites for hydroxylation is 1. The van der Waals surface area contributed by atoms with Crippen LogP contribution in [0, 0.1) is 6.92 Å². The number of carbonyl (C=O) groups is 2. The van der Waals surface area contributed by atoms with Crippen LogP contribution in [0.4, 0.5) is 0 Å². The molecule has 0 bridgehead atoms. The predicted octanol–water partition coefficient (Wildman–Crippen LogP) is 2.63. The Morgan fingerprint density at radius 2 is 2.00 bits per heavy atom. The van der Waals surface area contributed by atoms with E-state index in [0.29, 0.717) is 13.1 Å². The second-order valence-corrected chi connectivity index (χ2v) is 5.85. The maximum absolute atomic E-state index is 12.2. The van der Waals surface area contributed by atoms with Gasteiger partial charge >= 0.3 is 0 Å². The standard InChI is InChI=1S/C19H20N2O3/c1-14-4-6-15(7-5-14)16-8-10-21(11-9-16)18(22)13-20-19(23)17-3-2-12-24-17/h2-8,12H,9-11,13H2,1H3,(H,20,23). The van der Waals surface area contributed by atoms with E-state index in [1.165, 1.54) is 23.0 Å². The van der Waals surface area contributed by atoms with Crippen LogP contribution >= 0.6 is 0 Å². The summed E-state index contributed by atoms with van der Waals surface area (Å²) in [7, 11) is 0. The minimum Gasteiger partial charge on any atom is -0.459 e. The number of nitrogens with zero attached hydrogens (tertiary/aromatic N) is 1. The molecular weight excluding hydrogens is 304 g/mol. The van der Waals surface area contributed by atoms with Crippen molar-refractivity contribution < 1.29 is 14.0 Å². The largest absolute Gasteiger partial charge is 0.459 e. The number of rotatable bonds is 4. The zero-order valence-electron chi connectivity index (χ0n) is 13.6. The molecule has 5 heteroatoms. The summed E-state index contributed by atoms with van der Waals surface area (Å²) >= 11 is 0. The van der Waals surface area contributed by atoms with Gasteiger partial charge in [0.2, 0.25) is 5.91 Å². The van der Waals surface area contributed by atoms with Gasteiger partial charge in [-0.05, 0) is 36.6 Å². The fraction of sp³-hybridized carbons (Fsp3) is 0.263. The number of hydrogen-bond acceptors (Lipinski definition) is 3. The van der Waals surface area contributed by atoms with Crippen LogP contribution in [-0.4, -0.2) is 36.3 Å². The molecule has 2 heterocycles. The third-order valence-corrected chi connectivity index (χ3v) is 4.13. The minimum absolute atomic E-state index is 0.0206. The van der Waals surface area contributed by atoms with E-state index >= 15 is 0 Å². The highest BCUT2D eigenvalue weighted by Crippen LogP contribution is 2.22. The first-order valence-electron chi connectivity index (χ1n) is 7.99. The smallest absolute Gasteiger partial charge is 0.287 e. The third-order valence-electron chi connectivity index (χ3n) is 4.13. The van der Waals surface area contributed by atoms with Crippen LogP contribution < -0.4 is 5.32 Å². The summed E-state index contributed by atoms with van der Waals surface area (Å²) in [5.74, 6) is -0.252. The monoisotopic (exact) mass is 324 g/mol. The van der Waals surface area contributed by atoms with Crippen molar-refractivity contribution in [1.29, 1.82) is 0 Å². The molecule has 0 unspecified atom stereocenters. The van der Waals surface area contributed by atoms with Gasteiger partial charge < -0.3 is 14.6 Å². The van der Waals surface area contributed by atoms with E-state index in [0.717, 1.165) is 6.42 Å². The van der Waals surface area contributed by atoms with Crippen LogP contribution in [0.5, 0.6) is 0 Å². The molecule has 3 rings (SSSR count). The molecule has 1 aromatic carbocycles. The average molecular weight is 324 g/mol. The molecule has 2 aromatic rings. The summed E-state index contributed by atoms with van der Waals surface area (Å²) in [4.78, 5) is 25.7. The molecule has 2 amide bonds. The molecule has 5 nitrogen and oxygen atoms in total. The molecule has 0 saturated carbocycles. The molecule has 1 aliphatic heterocycles. The summed E-state index contributed by atoms with van der Waals surface area (Å²) < 4.78 is 5.00. The van der Waals surface area contributed by atoms with Crippen LogP contribution in [0.2, 0.25) is 0 Å². The third kappa shape index (κ3) is 3.74. The molecule has 1 aliphatic rings. The predicted molar refractivity (Wildman–Crippen MR) is 91.4 cm³/mol. The van der Waals surface area contributed by atoms with Crippen molar-refractivity contribution >= 4 is 17.4 Å². The summed E-state index contributed by atoms with van der Waals surface area (Å²) in [6, 6.07) is 11.6. The number of nitrogens with one attached hydrogen (secondary N) is 1. The molecule has 0 spiro atoms. The Morgan fingerprint density at radius 1 is 1.21 bits per heavy atom. The molecule has 0 saturated heterocycles. The van der Waals surface area contributed by atoms with Gasteiger partial charge in [0.15, 0.2) is 5.76 Å². The Balaban J connectivity index is 1.53. The maximum Gasteiger partial charge on any atom is 0.287 e. The Hall–Kier alpha value is -2.82. The van der Waals surface area contributed by atoms with Crippen molar-refractivity contribution in [2.75, 3.05) is 19.6 Å². The zero-order valence-corrected chi connectivity index (χ0v) is 13.6. The van der Waals surface area contributed by atoms with Crippen molar-refractivity contribution in [3.8, 4) is 0 Å². The number of hydrogen-bond donors (Lipinski definition) is 1. The van der Waals surface area contributed by atoms with Crippen LogP contribution in [0.15, 0.2) is 53.2 Å². The van der Waals surface area contributed by atoms with Gasteiger partial charge in [-0.3, -0.25) is 9.59 Å². The van der Waals surface area contributed by atoms with Crippen molar-refractivity contribution in [3.63, 3.8) is 0 Å². The topological polar surface area (TPSA) is 62.6 Å². The lowest BCUT2D eigenvalue weighted by Gasteiger charge is -2.26. The van der Waals surface area contributed by atoms with Gasteiger partial charge in [0, 0.05) is 13.1 Å². The maximum atomic E-state index is 12.2. The first-order chi connectivity index (χ1) is 11.6. The quantitative estimate of drug-likeness (QED) is 0.940. The van der Waals surface area contributed by atoms with Crippen molar-refractivity contribution in [2.45, 2.75) is 13.3 Å². The van der Waals surface area contributed by atoms with Gasteiger partial charge in [0.1, 0.15) is 0 Å². The molecule has 0 atom stereocenters. The molecule has 24 heavy (non-hydrogen) atoms. The second-order valence-electron chi connectivity index (χ2n) is 5.85. The molecule has 1 N–H and O–H groups in total. The van der Waals surface area contributed by atoms with Gasteiger partial charge in [-0.2, -0.15) is 0 Å². The highest BCUT2D eigenvalue weighted by atomic mass is 16.3. The Kier molecular flexibility index (Phi) is 4.79. The molecule has 0 fully saturated rings. The van der Waals surface area contributed by atoms with E-state index in [1.54, 1.807) is 17.0 Å². The highest BCUT2D eigenvalue weighted by Gasteiger charge is 2.19. The summed E-state index contributed by atoms with van der Waals surface area (Å²) in [6.07, 6.45) is 4.33. The van der Waals surface area contributed by atoms with E-state index in [2.05, 4.69) is 42.6 Å². The van der Waals surface area contributed by atoms with Crippen molar-refractivity contribution in [2.24, 2.45) is 0 Å². The van der Waals surface area contributed by atoms with Crippen molar-refractivity contribution in [1.82, 2.24) is 10.2 Å². The average Bonchev–Trinajstić information content (AvgIpc) is 3.15. The fourth-order valence-electron chi connectivity index (χ4n) is 2.69. The zero-order chi connectivity index (χ0) is 16.9. The number of amides is 2. The number of carbonyl (C=O) groups excluding carboxylic acids is 2. The first-order valence-corrected chi connectivity index (χ1v) is 7.99. The van der Waals surface area contributed by atoms with E-state index in [4.69, 9.17) is 4.42 Å². The molecule has 124 valence electrons. The lowest BCUT2D eigenvalue weighted by Crippen LogP contribution is -2.42. The Bertz CT molecular complexity index is 745. The minimum atomic E-state index is -0.374. The molecule has 1 aromatic heterocycles. The Morgan fingerprint density at radius 3 is 2.62 bits per heavy atom. The molecule has 0 radical (unpaired) electrons. The summed E-state index contributed by atoms with van der Waals surface area (Å²) in [5.41, 5.74) is 3.71. The van der Waals surface area contributed by atoms with E-state index in [-0.39, 0.29) is 24.1 Å². The second kappa shape index (κ2) is 7.17. The summed E-state index contributed by atoms with van der Waals surface area (Å²) in [6.45, 7) is 3.28. The van der Waals surface area contributed by atoms with Gasteiger partial charge in [-0.15, -0.1) is 0 Å². The van der Waals surface area contributed by atoms with Gasteiger partial charge in [0.05, 0.1) is 12.8 Å². The van der Waals surface area contributed by atoms with E-state index in [9.17, 15) is 9.59 Å².